The molecule has 0 spiro atoms. The highest BCUT2D eigenvalue weighted by Gasteiger charge is 2.23. The van der Waals surface area contributed by atoms with Gasteiger partial charge in [0.2, 0.25) is 0 Å². The third-order valence-electron chi connectivity index (χ3n) is 12.0. The first-order valence-corrected chi connectivity index (χ1v) is 26.4. The van der Waals surface area contributed by atoms with E-state index in [9.17, 15) is 14.0 Å². The van der Waals surface area contributed by atoms with E-state index in [1.54, 1.807) is 52.9 Å². The Morgan fingerprint density at radius 3 is 1.88 bits per heavy atom. The van der Waals surface area contributed by atoms with Crippen LogP contribution in [0.5, 0.6) is 0 Å². The standard InChI is InChI=1S/C30H39FN4O3Si.C22H22FN5O/c1-19-24(14-22(15-25(19)31)29(36)38-30(3,4)5)21-10-11-23-26(16-21)35(18-37-12-13-39(7,8)9)33-28(23)27-17-32-20(2)34(27)6;1-5-24-22(29)15-8-17(12(2)18(23)9-15)14-6-7-16-19(10-14)26-27-21(16)20-11-25-13(3)28(20)4/h10-11,14-17H,12-13,18H2,1-9H3;6-11H,5H2,1-4H3,(H,24,29)(H,26,27). The number of carbonyl (C=O) groups is 2. The van der Waals surface area contributed by atoms with Gasteiger partial charge in [-0.05, 0) is 143 Å². The first kappa shape index (κ1) is 49.1. The van der Waals surface area contributed by atoms with Crippen molar-refractivity contribution in [2.24, 2.45) is 14.1 Å². The zero-order valence-electron chi connectivity index (χ0n) is 41.3. The number of aryl methyl sites for hydroxylation is 2. The van der Waals surface area contributed by atoms with Crippen LogP contribution in [0.25, 0.3) is 66.8 Å². The molecular weight excluding hydrogens is 881 g/mol. The number of imidazole rings is 2. The summed E-state index contributed by atoms with van der Waals surface area (Å²) in [5, 5.41) is 17.1. The Morgan fingerprint density at radius 2 is 1.32 bits per heavy atom. The molecule has 0 aliphatic carbocycles. The number of rotatable bonds is 12. The van der Waals surface area contributed by atoms with Gasteiger partial charge < -0.3 is 23.9 Å². The molecule has 2 N–H and O–H groups in total. The molecule has 0 fully saturated rings. The molecule has 0 saturated carbocycles. The van der Waals surface area contributed by atoms with Crippen LogP contribution in [0.2, 0.25) is 25.7 Å². The van der Waals surface area contributed by atoms with Crippen molar-refractivity contribution in [2.45, 2.75) is 93.4 Å². The van der Waals surface area contributed by atoms with Gasteiger partial charge in [-0.2, -0.15) is 10.2 Å². The summed E-state index contributed by atoms with van der Waals surface area (Å²) in [5.74, 6) is 0.0894. The molecule has 0 saturated heterocycles. The number of hydrogen-bond acceptors (Lipinski definition) is 8. The fourth-order valence-electron chi connectivity index (χ4n) is 7.79. The van der Waals surface area contributed by atoms with Gasteiger partial charge in [0.1, 0.15) is 47.0 Å². The Bertz CT molecular complexity index is 3190. The van der Waals surface area contributed by atoms with Crippen LogP contribution in [0.3, 0.4) is 0 Å². The van der Waals surface area contributed by atoms with Gasteiger partial charge >= 0.3 is 5.97 Å². The van der Waals surface area contributed by atoms with Crippen LogP contribution in [0, 0.1) is 39.3 Å². The normalized spacial score (nSPS) is 11.9. The van der Waals surface area contributed by atoms with Gasteiger partial charge in [-0.15, -0.1) is 0 Å². The number of amides is 1. The second-order valence-corrected chi connectivity index (χ2v) is 25.0. The van der Waals surface area contributed by atoms with Gasteiger partial charge in [0.25, 0.3) is 5.91 Å². The van der Waals surface area contributed by atoms with Gasteiger partial charge in [0.05, 0.1) is 40.4 Å². The predicted molar refractivity (Wildman–Crippen MR) is 267 cm³/mol. The predicted octanol–water partition coefficient (Wildman–Crippen LogP) is 11.3. The van der Waals surface area contributed by atoms with Crippen LogP contribution >= 0.6 is 0 Å². The van der Waals surface area contributed by atoms with Crippen molar-refractivity contribution >= 4 is 41.8 Å². The number of carbonyl (C=O) groups excluding carboxylic acids is 2. The second kappa shape index (κ2) is 19.4. The fourth-order valence-corrected chi connectivity index (χ4v) is 8.55. The number of fused-ring (bicyclic) bond motifs is 2. The Hall–Kier alpha value is -6.78. The first-order valence-electron chi connectivity index (χ1n) is 22.7. The average molecular weight is 942 g/mol. The molecule has 0 atom stereocenters. The van der Waals surface area contributed by atoms with Crippen molar-refractivity contribution in [3.63, 3.8) is 0 Å². The lowest BCUT2D eigenvalue weighted by Crippen LogP contribution is -2.24. The van der Waals surface area contributed by atoms with Gasteiger partial charge in [-0.3, -0.25) is 9.89 Å². The first-order chi connectivity index (χ1) is 32.0. The summed E-state index contributed by atoms with van der Waals surface area (Å²) in [6, 6.07) is 18.7. The Morgan fingerprint density at radius 1 is 0.765 bits per heavy atom. The lowest BCUT2D eigenvalue weighted by atomic mass is 9.96. The van der Waals surface area contributed by atoms with Gasteiger partial charge in [-0.1, -0.05) is 31.8 Å². The summed E-state index contributed by atoms with van der Waals surface area (Å²) < 4.78 is 46.9. The highest BCUT2D eigenvalue weighted by Crippen LogP contribution is 2.36. The number of benzene rings is 4. The van der Waals surface area contributed by atoms with Gasteiger partial charge in [0.15, 0.2) is 0 Å². The molecule has 356 valence electrons. The molecule has 0 radical (unpaired) electrons. The molecule has 8 aromatic rings. The summed E-state index contributed by atoms with van der Waals surface area (Å²) in [6.07, 6.45) is 3.62. The van der Waals surface area contributed by atoms with E-state index in [1.165, 1.54) is 12.1 Å². The largest absolute Gasteiger partial charge is 0.456 e. The molecule has 68 heavy (non-hydrogen) atoms. The molecule has 13 nitrogen and oxygen atoms in total. The lowest BCUT2D eigenvalue weighted by Gasteiger charge is -2.20. The third-order valence-corrected chi connectivity index (χ3v) is 13.7. The Balaban J connectivity index is 0.000000210. The number of ether oxygens (including phenoxy) is 2. The number of nitrogens with one attached hydrogen (secondary N) is 2. The van der Waals surface area contributed by atoms with Crippen LogP contribution in [-0.2, 0) is 30.3 Å². The van der Waals surface area contributed by atoms with Crippen molar-refractivity contribution in [3.8, 4) is 45.0 Å². The summed E-state index contributed by atoms with van der Waals surface area (Å²) in [6.45, 7) is 22.9. The second-order valence-electron chi connectivity index (χ2n) is 19.4. The van der Waals surface area contributed by atoms with E-state index >= 15 is 4.39 Å². The van der Waals surface area contributed by atoms with E-state index in [2.05, 4.69) is 45.1 Å². The van der Waals surface area contributed by atoms with Gasteiger partial charge in [-0.25, -0.2) is 28.2 Å². The van der Waals surface area contributed by atoms with Crippen molar-refractivity contribution in [1.82, 2.24) is 44.4 Å². The van der Waals surface area contributed by atoms with E-state index in [4.69, 9.17) is 14.6 Å². The van der Waals surface area contributed by atoms with Crippen LogP contribution in [0.1, 0.15) is 71.2 Å². The van der Waals surface area contributed by atoms with Crippen LogP contribution in [0.15, 0.2) is 73.1 Å². The van der Waals surface area contributed by atoms with Crippen LogP contribution in [0.4, 0.5) is 8.78 Å². The minimum absolute atomic E-state index is 0.178. The molecule has 0 aliphatic rings. The lowest BCUT2D eigenvalue weighted by molar-refractivity contribution is 0.00688. The highest BCUT2D eigenvalue weighted by molar-refractivity contribution is 6.76. The van der Waals surface area contributed by atoms with Crippen LogP contribution in [-0.4, -0.2) is 77.8 Å². The molecular formula is C52H61F2N9O4Si. The highest BCUT2D eigenvalue weighted by atomic mass is 28.3. The summed E-state index contributed by atoms with van der Waals surface area (Å²) >= 11 is 0. The zero-order chi connectivity index (χ0) is 49.4. The van der Waals surface area contributed by atoms with Crippen molar-refractivity contribution in [3.05, 3.63) is 119 Å². The van der Waals surface area contributed by atoms with E-state index in [0.717, 1.165) is 73.4 Å². The molecule has 4 heterocycles. The molecule has 0 bridgehead atoms. The molecule has 16 heteroatoms. The fraction of sp³-hybridized carbons (Fsp3) is 0.346. The monoisotopic (exact) mass is 941 g/mol. The Labute approximate surface area is 396 Å². The van der Waals surface area contributed by atoms with E-state index in [0.29, 0.717) is 47.7 Å². The van der Waals surface area contributed by atoms with E-state index in [1.807, 2.05) is 91.3 Å². The molecule has 8 rings (SSSR count). The minimum atomic E-state index is -1.24. The van der Waals surface area contributed by atoms with Crippen molar-refractivity contribution in [2.75, 3.05) is 13.2 Å². The SMILES string of the molecule is CCNC(=O)c1cc(F)c(C)c(-c2ccc3c(-c4cnc(C)n4C)n[nH]c3c2)c1.Cc1c(F)cc(C(=O)OC(C)(C)C)cc1-c1ccc2c(-c3cnc(C)n3C)nn(COCC[Si](C)(C)C)c2c1. The zero-order valence-corrected chi connectivity index (χ0v) is 42.3. The maximum Gasteiger partial charge on any atom is 0.338 e. The molecule has 4 aromatic carbocycles. The number of aromatic nitrogens is 8. The molecule has 4 aromatic heterocycles. The number of aromatic amines is 1. The van der Waals surface area contributed by atoms with Gasteiger partial charge in [0, 0.05) is 51.7 Å². The number of esters is 1. The molecule has 1 amide bonds. The number of hydrogen-bond donors (Lipinski definition) is 2. The van der Waals surface area contributed by atoms with Crippen molar-refractivity contribution in [1.29, 1.82) is 0 Å². The minimum Gasteiger partial charge on any atom is -0.456 e. The average Bonchev–Trinajstić information content (AvgIpc) is 4.04. The van der Waals surface area contributed by atoms with Crippen molar-refractivity contribution < 1.29 is 27.8 Å². The van der Waals surface area contributed by atoms with E-state index in [-0.39, 0.29) is 11.5 Å². The number of H-pyrrole nitrogens is 1. The van der Waals surface area contributed by atoms with Crippen LogP contribution < -0.4 is 5.32 Å². The quantitative estimate of drug-likeness (QED) is 0.0699. The third kappa shape index (κ3) is 10.5. The summed E-state index contributed by atoms with van der Waals surface area (Å²) in [5.41, 5.74) is 8.80. The molecule has 0 aliphatic heterocycles. The Kier molecular flexibility index (Phi) is 14.0. The topological polar surface area (TPSA) is 147 Å². The molecule has 0 unspecified atom stereocenters. The number of halogens is 2. The smallest absolute Gasteiger partial charge is 0.338 e. The summed E-state index contributed by atoms with van der Waals surface area (Å²) in [4.78, 5) is 33.7. The number of nitrogens with zero attached hydrogens (tertiary/aromatic N) is 7. The van der Waals surface area contributed by atoms with E-state index < -0.39 is 31.3 Å². The summed E-state index contributed by atoms with van der Waals surface area (Å²) in [7, 11) is 2.68. The maximum absolute atomic E-state index is 15.0. The maximum atomic E-state index is 15.0.